The Bertz CT molecular complexity index is 781. The molecule has 2 aromatic rings. The molecule has 0 aromatic carbocycles. The van der Waals surface area contributed by atoms with E-state index >= 15 is 0 Å². The number of furan rings is 1. The predicted molar refractivity (Wildman–Crippen MR) is 76.1 cm³/mol. The maximum atomic E-state index is 12.5. The monoisotopic (exact) mass is 324 g/mol. The summed E-state index contributed by atoms with van der Waals surface area (Å²) in [6.45, 7) is 0.209. The Hall–Kier alpha value is -2.13. The Morgan fingerprint density at radius 3 is 2.77 bits per heavy atom. The summed E-state index contributed by atoms with van der Waals surface area (Å²) in [5.41, 5.74) is 6.24. The van der Waals surface area contributed by atoms with Crippen LogP contribution in [0.2, 0.25) is 0 Å². The van der Waals surface area contributed by atoms with Gasteiger partial charge in [-0.15, -0.1) is 0 Å². The number of rotatable bonds is 4. The summed E-state index contributed by atoms with van der Waals surface area (Å²) in [5.74, 6) is -1.42. The van der Waals surface area contributed by atoms with E-state index in [9.17, 15) is 13.2 Å². The Balaban J connectivity index is 1.93. The zero-order valence-electron chi connectivity index (χ0n) is 11.9. The number of amides is 1. The standard InChI is InChI=1S/C13H16N4O4S/c1-16-6-9(5-15-16)10-7-17(8-11(10)13(14)18)22(19,20)12-3-2-4-21-12/h2-6,10-11H,7-8H2,1H3,(H2,14,18)/t10-,11+/m1/s1. The number of hydrogen-bond acceptors (Lipinski definition) is 5. The normalized spacial score (nSPS) is 23.0. The molecule has 1 saturated heterocycles. The summed E-state index contributed by atoms with van der Waals surface area (Å²) >= 11 is 0. The second kappa shape index (κ2) is 5.25. The van der Waals surface area contributed by atoms with Crippen LogP contribution in [0.15, 0.2) is 40.3 Å². The second-order valence-electron chi connectivity index (χ2n) is 5.32. The largest absolute Gasteiger partial charge is 0.452 e. The third-order valence-corrected chi connectivity index (χ3v) is 5.61. The number of aryl methyl sites for hydroxylation is 1. The van der Waals surface area contributed by atoms with Crippen molar-refractivity contribution >= 4 is 15.9 Å². The molecule has 1 aliphatic heterocycles. The summed E-state index contributed by atoms with van der Waals surface area (Å²) in [6.07, 6.45) is 4.69. The van der Waals surface area contributed by atoms with Gasteiger partial charge in [-0.2, -0.15) is 9.40 Å². The summed E-state index contributed by atoms with van der Waals surface area (Å²) in [6, 6.07) is 2.89. The average molecular weight is 324 g/mol. The molecular weight excluding hydrogens is 308 g/mol. The first-order valence-electron chi connectivity index (χ1n) is 6.71. The molecule has 22 heavy (non-hydrogen) atoms. The van der Waals surface area contributed by atoms with Crippen molar-refractivity contribution in [2.24, 2.45) is 18.7 Å². The quantitative estimate of drug-likeness (QED) is 0.844. The van der Waals surface area contributed by atoms with Gasteiger partial charge in [0.1, 0.15) is 0 Å². The minimum Gasteiger partial charge on any atom is -0.452 e. The van der Waals surface area contributed by atoms with E-state index in [4.69, 9.17) is 10.2 Å². The van der Waals surface area contributed by atoms with E-state index < -0.39 is 21.8 Å². The maximum absolute atomic E-state index is 12.5. The van der Waals surface area contributed by atoms with Gasteiger partial charge < -0.3 is 10.2 Å². The van der Waals surface area contributed by atoms with Crippen LogP contribution in [-0.4, -0.2) is 41.5 Å². The fraction of sp³-hybridized carbons (Fsp3) is 0.385. The number of primary amides is 1. The molecule has 3 rings (SSSR count). The Morgan fingerprint density at radius 2 is 2.23 bits per heavy atom. The second-order valence-corrected chi connectivity index (χ2v) is 7.19. The van der Waals surface area contributed by atoms with E-state index in [-0.39, 0.29) is 24.1 Å². The number of nitrogens with zero attached hydrogens (tertiary/aromatic N) is 3. The lowest BCUT2D eigenvalue weighted by molar-refractivity contribution is -0.121. The van der Waals surface area contributed by atoms with E-state index in [1.54, 1.807) is 24.1 Å². The fourth-order valence-electron chi connectivity index (χ4n) is 2.76. The molecule has 2 aromatic heterocycles. The molecular formula is C13H16N4O4S. The van der Waals surface area contributed by atoms with Gasteiger partial charge in [0.15, 0.2) is 0 Å². The molecule has 0 bridgehead atoms. The highest BCUT2D eigenvalue weighted by molar-refractivity contribution is 7.89. The van der Waals surface area contributed by atoms with E-state index in [0.29, 0.717) is 0 Å². The van der Waals surface area contributed by atoms with Crippen molar-refractivity contribution in [3.05, 3.63) is 36.4 Å². The topological polar surface area (TPSA) is 111 Å². The van der Waals surface area contributed by atoms with Crippen molar-refractivity contribution in [3.63, 3.8) is 0 Å². The highest BCUT2D eigenvalue weighted by atomic mass is 32.2. The van der Waals surface area contributed by atoms with E-state index in [0.717, 1.165) is 5.56 Å². The van der Waals surface area contributed by atoms with Crippen LogP contribution in [0, 0.1) is 5.92 Å². The van der Waals surface area contributed by atoms with E-state index in [1.165, 1.54) is 22.7 Å². The number of sulfonamides is 1. The lowest BCUT2D eigenvalue weighted by Gasteiger charge is -2.13. The number of carbonyl (C=O) groups excluding carboxylic acids is 1. The summed E-state index contributed by atoms with van der Waals surface area (Å²) in [7, 11) is -2.01. The highest BCUT2D eigenvalue weighted by Gasteiger charge is 2.43. The fourth-order valence-corrected chi connectivity index (χ4v) is 4.16. The zero-order valence-corrected chi connectivity index (χ0v) is 12.7. The molecule has 3 heterocycles. The van der Waals surface area contributed by atoms with Crippen molar-refractivity contribution in [3.8, 4) is 0 Å². The number of carbonyl (C=O) groups is 1. The van der Waals surface area contributed by atoms with Crippen LogP contribution in [-0.2, 0) is 21.9 Å². The van der Waals surface area contributed by atoms with Crippen LogP contribution in [0.4, 0.5) is 0 Å². The minimum atomic E-state index is -3.76. The number of nitrogens with two attached hydrogens (primary N) is 1. The Morgan fingerprint density at radius 1 is 1.45 bits per heavy atom. The molecule has 0 spiro atoms. The number of aromatic nitrogens is 2. The van der Waals surface area contributed by atoms with Gasteiger partial charge in [0.05, 0.1) is 18.4 Å². The maximum Gasteiger partial charge on any atom is 0.276 e. The van der Waals surface area contributed by atoms with Crippen molar-refractivity contribution < 1.29 is 17.6 Å². The minimum absolute atomic E-state index is 0.0396. The van der Waals surface area contributed by atoms with Crippen LogP contribution in [0.25, 0.3) is 0 Å². The molecule has 0 unspecified atom stereocenters. The molecule has 0 saturated carbocycles. The molecule has 118 valence electrons. The lowest BCUT2D eigenvalue weighted by Crippen LogP contribution is -2.31. The van der Waals surface area contributed by atoms with Crippen molar-refractivity contribution in [1.82, 2.24) is 14.1 Å². The van der Waals surface area contributed by atoms with E-state index in [1.807, 2.05) is 0 Å². The smallest absolute Gasteiger partial charge is 0.276 e. The lowest BCUT2D eigenvalue weighted by atomic mass is 9.90. The van der Waals surface area contributed by atoms with Crippen molar-refractivity contribution in [2.75, 3.05) is 13.1 Å². The van der Waals surface area contributed by atoms with Gasteiger partial charge >= 0.3 is 0 Å². The van der Waals surface area contributed by atoms with Gasteiger partial charge in [0.25, 0.3) is 10.0 Å². The number of hydrogen-bond donors (Lipinski definition) is 1. The molecule has 2 N–H and O–H groups in total. The zero-order chi connectivity index (χ0) is 15.9. The predicted octanol–water partition coefficient (Wildman–Crippen LogP) is -0.0973. The molecule has 1 aliphatic rings. The van der Waals surface area contributed by atoms with E-state index in [2.05, 4.69) is 5.10 Å². The van der Waals surface area contributed by atoms with Gasteiger partial charge in [0.2, 0.25) is 11.0 Å². The Labute approximate surface area is 127 Å². The first-order chi connectivity index (χ1) is 10.4. The van der Waals surface area contributed by atoms with Crippen LogP contribution in [0.5, 0.6) is 0 Å². The third-order valence-electron chi connectivity index (χ3n) is 3.89. The van der Waals surface area contributed by atoms with Crippen LogP contribution >= 0.6 is 0 Å². The van der Waals surface area contributed by atoms with Gasteiger partial charge in [-0.3, -0.25) is 9.48 Å². The van der Waals surface area contributed by atoms with Gasteiger partial charge in [-0.05, 0) is 17.7 Å². The van der Waals surface area contributed by atoms with Gasteiger partial charge in [-0.1, -0.05) is 0 Å². The molecule has 0 aliphatic carbocycles. The third kappa shape index (κ3) is 2.42. The van der Waals surface area contributed by atoms with Crippen LogP contribution < -0.4 is 5.73 Å². The molecule has 0 radical (unpaired) electrons. The first-order valence-corrected chi connectivity index (χ1v) is 8.15. The molecule has 1 amide bonds. The summed E-state index contributed by atoms with van der Waals surface area (Å²) < 4.78 is 32.8. The molecule has 8 nitrogen and oxygen atoms in total. The highest BCUT2D eigenvalue weighted by Crippen LogP contribution is 2.35. The summed E-state index contributed by atoms with van der Waals surface area (Å²) in [5, 5.41) is 3.93. The Kier molecular flexibility index (Phi) is 3.53. The average Bonchev–Trinajstić information content (AvgIpc) is 3.18. The van der Waals surface area contributed by atoms with Crippen molar-refractivity contribution in [1.29, 1.82) is 0 Å². The SMILES string of the molecule is Cn1cc([C@H]2CN(S(=O)(=O)c3ccco3)C[C@@H]2C(N)=O)cn1. The first kappa shape index (κ1) is 14.8. The summed E-state index contributed by atoms with van der Waals surface area (Å²) in [4.78, 5) is 11.7. The molecule has 1 fully saturated rings. The van der Waals surface area contributed by atoms with Gasteiger partial charge in [0, 0.05) is 32.3 Å². The molecule has 9 heteroatoms. The van der Waals surface area contributed by atoms with Gasteiger partial charge in [-0.25, -0.2) is 8.42 Å². The molecule has 2 atom stereocenters. The van der Waals surface area contributed by atoms with Crippen LogP contribution in [0.1, 0.15) is 11.5 Å². The van der Waals surface area contributed by atoms with Crippen LogP contribution in [0.3, 0.4) is 0 Å². The van der Waals surface area contributed by atoms with Crippen molar-refractivity contribution in [2.45, 2.75) is 11.0 Å².